The van der Waals surface area contributed by atoms with Gasteiger partial charge in [-0.25, -0.2) is 4.79 Å². The van der Waals surface area contributed by atoms with E-state index < -0.39 is 5.97 Å². The predicted octanol–water partition coefficient (Wildman–Crippen LogP) is 4.11. The van der Waals surface area contributed by atoms with Gasteiger partial charge in [-0.1, -0.05) is 41.0 Å². The van der Waals surface area contributed by atoms with Crippen molar-refractivity contribution in [2.45, 2.75) is 32.6 Å². The van der Waals surface area contributed by atoms with Gasteiger partial charge in [0.15, 0.2) is 11.5 Å². The quantitative estimate of drug-likeness (QED) is 0.765. The Kier molecular flexibility index (Phi) is 3.40. The first-order chi connectivity index (χ1) is 9.94. The van der Waals surface area contributed by atoms with Crippen molar-refractivity contribution in [2.24, 2.45) is 0 Å². The highest BCUT2D eigenvalue weighted by Gasteiger charge is 2.37. The van der Waals surface area contributed by atoms with Crippen LogP contribution in [0.5, 0.6) is 0 Å². The molecule has 0 unspecified atom stereocenters. The number of hydrogen-bond acceptors (Lipinski definition) is 4. The van der Waals surface area contributed by atoms with Crippen molar-refractivity contribution in [3.63, 3.8) is 0 Å². The van der Waals surface area contributed by atoms with Crippen LogP contribution in [0.1, 0.15) is 42.4 Å². The lowest BCUT2D eigenvalue weighted by atomic mass is 9.72. The van der Waals surface area contributed by atoms with Gasteiger partial charge in [-0.05, 0) is 36.5 Å². The van der Waals surface area contributed by atoms with Crippen molar-refractivity contribution in [3.05, 3.63) is 39.5 Å². The van der Waals surface area contributed by atoms with Crippen LogP contribution in [0, 0.1) is 0 Å². The molecular weight excluding hydrogens is 334 g/mol. The predicted molar refractivity (Wildman–Crippen MR) is 82.3 cm³/mol. The Morgan fingerprint density at radius 2 is 2.24 bits per heavy atom. The van der Waals surface area contributed by atoms with Crippen LogP contribution in [0.2, 0.25) is 0 Å². The van der Waals surface area contributed by atoms with E-state index in [1.54, 1.807) is 6.92 Å². The lowest BCUT2D eigenvalue weighted by molar-refractivity contribution is 0.0513. The molecule has 0 fully saturated rings. The van der Waals surface area contributed by atoms with Crippen molar-refractivity contribution in [1.29, 1.82) is 0 Å². The number of benzene rings is 1. The normalized spacial score (nSPS) is 15.2. The van der Waals surface area contributed by atoms with Crippen LogP contribution in [0.3, 0.4) is 0 Å². The van der Waals surface area contributed by atoms with E-state index in [-0.39, 0.29) is 5.41 Å². The van der Waals surface area contributed by atoms with Gasteiger partial charge in [-0.3, -0.25) is 0 Å². The monoisotopic (exact) mass is 349 g/mol. The maximum absolute atomic E-state index is 12.0. The smallest absolute Gasteiger partial charge is 0.360 e. The molecule has 0 saturated heterocycles. The zero-order valence-electron chi connectivity index (χ0n) is 12.2. The largest absolute Gasteiger partial charge is 0.461 e. The van der Waals surface area contributed by atoms with Crippen molar-refractivity contribution >= 4 is 21.9 Å². The number of ether oxygens (including phenoxy) is 1. The summed E-state index contributed by atoms with van der Waals surface area (Å²) in [6, 6.07) is 6.12. The number of carbonyl (C=O) groups excluding carboxylic acids is 1. The Morgan fingerprint density at radius 3 is 2.95 bits per heavy atom. The fraction of sp³-hybridized carbons (Fsp3) is 0.375. The van der Waals surface area contributed by atoms with Crippen LogP contribution in [0.15, 0.2) is 27.2 Å². The van der Waals surface area contributed by atoms with Gasteiger partial charge in [0.05, 0.1) is 6.61 Å². The zero-order chi connectivity index (χ0) is 15.2. The zero-order valence-corrected chi connectivity index (χ0v) is 13.8. The second-order valence-corrected chi connectivity index (χ2v) is 6.73. The van der Waals surface area contributed by atoms with E-state index >= 15 is 0 Å². The van der Waals surface area contributed by atoms with E-state index in [2.05, 4.69) is 41.0 Å². The minimum atomic E-state index is -0.420. The molecule has 1 heterocycles. The molecule has 21 heavy (non-hydrogen) atoms. The van der Waals surface area contributed by atoms with Crippen molar-refractivity contribution in [2.75, 3.05) is 6.61 Å². The summed E-state index contributed by atoms with van der Waals surface area (Å²) in [6.07, 6.45) is 0.703. The Hall–Kier alpha value is -1.62. The standard InChI is InChI=1S/C16H16BrNO3/c1-4-20-15(19)13-11-8-16(2,3)12-6-5-9(17)7-10(12)14(11)21-18-13/h5-7H,4,8H2,1-3H3. The molecule has 1 aliphatic carbocycles. The van der Waals surface area contributed by atoms with Crippen LogP contribution in [-0.4, -0.2) is 17.7 Å². The highest BCUT2D eigenvalue weighted by Crippen LogP contribution is 2.45. The van der Waals surface area contributed by atoms with Gasteiger partial charge in [0.25, 0.3) is 0 Å². The molecule has 0 aliphatic heterocycles. The number of nitrogens with zero attached hydrogens (tertiary/aromatic N) is 1. The first-order valence-electron chi connectivity index (χ1n) is 6.90. The van der Waals surface area contributed by atoms with E-state index in [4.69, 9.17) is 9.26 Å². The molecule has 5 heteroatoms. The van der Waals surface area contributed by atoms with Crippen LogP contribution in [0.25, 0.3) is 11.3 Å². The van der Waals surface area contributed by atoms with E-state index in [0.717, 1.165) is 15.6 Å². The molecule has 0 saturated carbocycles. The summed E-state index contributed by atoms with van der Waals surface area (Å²) in [6.45, 7) is 6.42. The molecule has 1 aromatic carbocycles. The minimum absolute atomic E-state index is 0.0875. The molecule has 4 nitrogen and oxygen atoms in total. The minimum Gasteiger partial charge on any atom is -0.461 e. The molecule has 0 amide bonds. The number of aromatic nitrogens is 1. The number of esters is 1. The maximum Gasteiger partial charge on any atom is 0.360 e. The summed E-state index contributed by atoms with van der Waals surface area (Å²) in [5.41, 5.74) is 3.23. The van der Waals surface area contributed by atoms with E-state index in [9.17, 15) is 4.79 Å². The number of rotatable bonds is 2. The molecule has 0 radical (unpaired) electrons. The van der Waals surface area contributed by atoms with Crippen LogP contribution in [0.4, 0.5) is 0 Å². The van der Waals surface area contributed by atoms with Gasteiger partial charge in [0.1, 0.15) is 0 Å². The van der Waals surface area contributed by atoms with Gasteiger partial charge < -0.3 is 9.26 Å². The number of carbonyl (C=O) groups is 1. The van der Waals surface area contributed by atoms with Crippen LogP contribution < -0.4 is 0 Å². The summed E-state index contributed by atoms with van der Waals surface area (Å²) in [4.78, 5) is 12.0. The molecule has 1 aliphatic rings. The SMILES string of the molecule is CCOC(=O)c1noc2c1CC(C)(C)c1ccc(Br)cc1-2. The first kappa shape index (κ1) is 14.3. The average molecular weight is 350 g/mol. The summed E-state index contributed by atoms with van der Waals surface area (Å²) in [5.74, 6) is 0.255. The Bertz CT molecular complexity index is 718. The lowest BCUT2D eigenvalue weighted by Crippen LogP contribution is -2.26. The summed E-state index contributed by atoms with van der Waals surface area (Å²) < 4.78 is 11.5. The third-order valence-corrected chi connectivity index (χ3v) is 4.32. The molecule has 2 aromatic rings. The summed E-state index contributed by atoms with van der Waals surface area (Å²) in [5, 5.41) is 3.95. The van der Waals surface area contributed by atoms with E-state index in [0.29, 0.717) is 24.5 Å². The fourth-order valence-electron chi connectivity index (χ4n) is 2.88. The Morgan fingerprint density at radius 1 is 1.48 bits per heavy atom. The third-order valence-electron chi connectivity index (χ3n) is 3.83. The first-order valence-corrected chi connectivity index (χ1v) is 7.69. The second-order valence-electron chi connectivity index (χ2n) is 5.81. The Balaban J connectivity index is 2.19. The van der Waals surface area contributed by atoms with Crippen molar-refractivity contribution in [3.8, 4) is 11.3 Å². The molecule has 0 bridgehead atoms. The van der Waals surface area contributed by atoms with Gasteiger partial charge in [-0.15, -0.1) is 0 Å². The average Bonchev–Trinajstić information content (AvgIpc) is 2.81. The molecule has 0 spiro atoms. The van der Waals surface area contributed by atoms with Gasteiger partial charge in [-0.2, -0.15) is 0 Å². The number of hydrogen-bond donors (Lipinski definition) is 0. The fourth-order valence-corrected chi connectivity index (χ4v) is 3.24. The van der Waals surface area contributed by atoms with Crippen molar-refractivity contribution < 1.29 is 14.1 Å². The molecule has 110 valence electrons. The lowest BCUT2D eigenvalue weighted by Gasteiger charge is -2.31. The molecule has 0 atom stereocenters. The third kappa shape index (κ3) is 2.29. The molecule has 1 aromatic heterocycles. The van der Waals surface area contributed by atoms with E-state index in [1.807, 2.05) is 12.1 Å². The van der Waals surface area contributed by atoms with E-state index in [1.165, 1.54) is 5.56 Å². The van der Waals surface area contributed by atoms with Gasteiger partial charge in [0.2, 0.25) is 0 Å². The summed E-state index contributed by atoms with van der Waals surface area (Å²) in [7, 11) is 0. The second kappa shape index (κ2) is 4.98. The maximum atomic E-state index is 12.0. The number of fused-ring (bicyclic) bond motifs is 3. The molecule has 3 rings (SSSR count). The van der Waals surface area contributed by atoms with Gasteiger partial charge >= 0.3 is 5.97 Å². The molecular formula is C16H16BrNO3. The topological polar surface area (TPSA) is 52.3 Å². The Labute approximate surface area is 131 Å². The van der Waals surface area contributed by atoms with Crippen molar-refractivity contribution in [1.82, 2.24) is 5.16 Å². The summed E-state index contributed by atoms with van der Waals surface area (Å²) >= 11 is 3.49. The van der Waals surface area contributed by atoms with Crippen LogP contribution in [-0.2, 0) is 16.6 Å². The number of halogens is 1. The van der Waals surface area contributed by atoms with Gasteiger partial charge in [0, 0.05) is 15.6 Å². The van der Waals surface area contributed by atoms with Crippen LogP contribution >= 0.6 is 15.9 Å². The highest BCUT2D eigenvalue weighted by molar-refractivity contribution is 9.10. The molecule has 0 N–H and O–H groups in total. The highest BCUT2D eigenvalue weighted by atomic mass is 79.9.